The number of thioether (sulfide) groups is 1. The van der Waals surface area contributed by atoms with Crippen LogP contribution in [0.3, 0.4) is 0 Å². The fourth-order valence-corrected chi connectivity index (χ4v) is 4.56. The van der Waals surface area contributed by atoms with Gasteiger partial charge in [0.25, 0.3) is 0 Å². The average Bonchev–Trinajstić information content (AvgIpc) is 3.43. The molecule has 1 fully saturated rings. The average molecular weight is 424 g/mol. The third-order valence-corrected chi connectivity index (χ3v) is 6.53. The van der Waals surface area contributed by atoms with Crippen molar-refractivity contribution in [2.75, 3.05) is 13.7 Å². The van der Waals surface area contributed by atoms with Crippen molar-refractivity contribution in [1.29, 1.82) is 0 Å². The number of nitrogens with zero attached hydrogens (tertiary/aromatic N) is 3. The molecule has 3 aromatic rings. The van der Waals surface area contributed by atoms with Gasteiger partial charge < -0.3 is 9.47 Å². The monoisotopic (exact) mass is 423 g/mol. The first-order valence-corrected chi connectivity index (χ1v) is 11.5. The first kappa shape index (κ1) is 20.9. The Morgan fingerprint density at radius 2 is 1.87 bits per heavy atom. The third-order valence-electron chi connectivity index (χ3n) is 5.49. The summed E-state index contributed by atoms with van der Waals surface area (Å²) in [5, 5.41) is 9.99. The fraction of sp³-hybridized carbons (Fsp3) is 0.417. The first-order valence-electron chi connectivity index (χ1n) is 10.5. The minimum absolute atomic E-state index is 0.225. The SMILES string of the molecule is COc1ccc(-c2nnc(SCc3ccc(C(C)C)cc3)n2CC2CCCO2)cc1. The highest BCUT2D eigenvalue weighted by molar-refractivity contribution is 7.98. The predicted octanol–water partition coefficient (Wildman–Crippen LogP) is 5.55. The van der Waals surface area contributed by atoms with E-state index in [0.29, 0.717) is 5.92 Å². The van der Waals surface area contributed by atoms with Gasteiger partial charge in [0.15, 0.2) is 11.0 Å². The number of benzene rings is 2. The maximum atomic E-state index is 5.90. The number of aromatic nitrogens is 3. The van der Waals surface area contributed by atoms with Crippen LogP contribution in [0, 0.1) is 0 Å². The van der Waals surface area contributed by atoms with E-state index in [1.165, 1.54) is 11.1 Å². The van der Waals surface area contributed by atoms with Gasteiger partial charge in [-0.05, 0) is 54.2 Å². The molecule has 0 saturated carbocycles. The second kappa shape index (κ2) is 9.67. The lowest BCUT2D eigenvalue weighted by molar-refractivity contribution is 0.0953. The minimum Gasteiger partial charge on any atom is -0.497 e. The van der Waals surface area contributed by atoms with Gasteiger partial charge in [0, 0.05) is 17.9 Å². The van der Waals surface area contributed by atoms with Crippen LogP contribution >= 0.6 is 11.8 Å². The van der Waals surface area contributed by atoms with E-state index in [2.05, 4.69) is 52.9 Å². The second-order valence-electron chi connectivity index (χ2n) is 7.97. The molecule has 0 spiro atoms. The summed E-state index contributed by atoms with van der Waals surface area (Å²) in [7, 11) is 1.68. The summed E-state index contributed by atoms with van der Waals surface area (Å²) in [5.74, 6) is 3.13. The number of methoxy groups -OCH3 is 1. The lowest BCUT2D eigenvalue weighted by Gasteiger charge is -2.15. The molecule has 2 aromatic carbocycles. The smallest absolute Gasteiger partial charge is 0.191 e. The van der Waals surface area contributed by atoms with Gasteiger partial charge in [0.2, 0.25) is 0 Å². The standard InChI is InChI=1S/C24H29N3O2S/c1-17(2)19-8-6-18(7-9-19)16-30-24-26-25-23(20-10-12-21(28-3)13-11-20)27(24)15-22-5-4-14-29-22/h6-13,17,22H,4-5,14-16H2,1-3H3. The Balaban J connectivity index is 1.55. The highest BCUT2D eigenvalue weighted by atomic mass is 32.2. The molecule has 1 aromatic heterocycles. The van der Waals surface area contributed by atoms with Gasteiger partial charge in [-0.25, -0.2) is 0 Å². The largest absolute Gasteiger partial charge is 0.497 e. The molecule has 1 atom stereocenters. The van der Waals surface area contributed by atoms with Crippen LogP contribution in [0.2, 0.25) is 0 Å². The third kappa shape index (κ3) is 4.87. The normalized spacial score (nSPS) is 16.3. The van der Waals surface area contributed by atoms with E-state index in [-0.39, 0.29) is 6.10 Å². The van der Waals surface area contributed by atoms with E-state index in [1.54, 1.807) is 18.9 Å². The van der Waals surface area contributed by atoms with Crippen LogP contribution in [-0.4, -0.2) is 34.6 Å². The summed E-state index contributed by atoms with van der Waals surface area (Å²) in [4.78, 5) is 0. The molecule has 0 radical (unpaired) electrons. The molecule has 4 rings (SSSR count). The van der Waals surface area contributed by atoms with Crippen LogP contribution in [0.5, 0.6) is 5.75 Å². The van der Waals surface area contributed by atoms with Gasteiger partial charge in [-0.3, -0.25) is 4.57 Å². The molecule has 0 aliphatic carbocycles. The maximum absolute atomic E-state index is 5.90. The number of hydrogen-bond donors (Lipinski definition) is 0. The number of ether oxygens (including phenoxy) is 2. The molecule has 1 unspecified atom stereocenters. The minimum atomic E-state index is 0.225. The van der Waals surface area contributed by atoms with E-state index in [1.807, 2.05) is 24.3 Å². The van der Waals surface area contributed by atoms with E-state index in [9.17, 15) is 0 Å². The molecule has 1 aliphatic heterocycles. The van der Waals surface area contributed by atoms with E-state index >= 15 is 0 Å². The Hall–Kier alpha value is -2.31. The zero-order valence-corrected chi connectivity index (χ0v) is 18.7. The molecule has 2 heterocycles. The summed E-state index contributed by atoms with van der Waals surface area (Å²) in [6.07, 6.45) is 2.43. The van der Waals surface area contributed by atoms with Crippen molar-refractivity contribution in [3.05, 3.63) is 59.7 Å². The number of rotatable bonds is 8. The van der Waals surface area contributed by atoms with E-state index in [4.69, 9.17) is 9.47 Å². The van der Waals surface area contributed by atoms with Crippen molar-refractivity contribution in [2.24, 2.45) is 0 Å². The fourth-order valence-electron chi connectivity index (χ4n) is 3.65. The summed E-state index contributed by atoms with van der Waals surface area (Å²) in [5.41, 5.74) is 3.70. The lowest BCUT2D eigenvalue weighted by Crippen LogP contribution is -2.16. The van der Waals surface area contributed by atoms with Crippen LogP contribution in [0.25, 0.3) is 11.4 Å². The van der Waals surface area contributed by atoms with Gasteiger partial charge in [0.1, 0.15) is 5.75 Å². The zero-order chi connectivity index (χ0) is 20.9. The van der Waals surface area contributed by atoms with Crippen LogP contribution < -0.4 is 4.74 Å². The topological polar surface area (TPSA) is 49.2 Å². The molecule has 0 bridgehead atoms. The highest BCUT2D eigenvalue weighted by Gasteiger charge is 2.22. The quantitative estimate of drug-likeness (QED) is 0.445. The van der Waals surface area contributed by atoms with Crippen LogP contribution in [-0.2, 0) is 17.0 Å². The summed E-state index contributed by atoms with van der Waals surface area (Å²) < 4.78 is 13.4. The van der Waals surface area contributed by atoms with Gasteiger partial charge in [-0.2, -0.15) is 0 Å². The lowest BCUT2D eigenvalue weighted by atomic mass is 10.0. The number of hydrogen-bond acceptors (Lipinski definition) is 5. The van der Waals surface area contributed by atoms with E-state index < -0.39 is 0 Å². The molecule has 0 amide bonds. The van der Waals surface area contributed by atoms with Gasteiger partial charge in [-0.1, -0.05) is 49.9 Å². The molecule has 0 N–H and O–H groups in total. The first-order chi connectivity index (χ1) is 14.6. The van der Waals surface area contributed by atoms with Crippen LogP contribution in [0.4, 0.5) is 0 Å². The van der Waals surface area contributed by atoms with Crippen molar-refractivity contribution in [2.45, 2.75) is 56.2 Å². The molecule has 30 heavy (non-hydrogen) atoms. The molecule has 158 valence electrons. The molecule has 5 nitrogen and oxygen atoms in total. The molecular formula is C24H29N3O2S. The van der Waals surface area contributed by atoms with Gasteiger partial charge in [-0.15, -0.1) is 10.2 Å². The summed E-state index contributed by atoms with van der Waals surface area (Å²) in [6, 6.07) is 16.9. The Morgan fingerprint density at radius 3 is 2.50 bits per heavy atom. The molecule has 6 heteroatoms. The Morgan fingerprint density at radius 1 is 1.10 bits per heavy atom. The molecule has 1 saturated heterocycles. The van der Waals surface area contributed by atoms with E-state index in [0.717, 1.165) is 54.0 Å². The Bertz CT molecular complexity index is 946. The zero-order valence-electron chi connectivity index (χ0n) is 17.9. The maximum Gasteiger partial charge on any atom is 0.191 e. The Labute approximate surface area is 182 Å². The van der Waals surface area contributed by atoms with Crippen LogP contribution in [0.1, 0.15) is 43.7 Å². The predicted molar refractivity (Wildman–Crippen MR) is 121 cm³/mol. The molecular weight excluding hydrogens is 394 g/mol. The Kier molecular flexibility index (Phi) is 6.75. The highest BCUT2D eigenvalue weighted by Crippen LogP contribution is 2.29. The van der Waals surface area contributed by atoms with Crippen molar-refractivity contribution >= 4 is 11.8 Å². The summed E-state index contributed by atoms with van der Waals surface area (Å²) in [6.45, 7) is 6.06. The van der Waals surface area contributed by atoms with Gasteiger partial charge >= 0.3 is 0 Å². The summed E-state index contributed by atoms with van der Waals surface area (Å²) >= 11 is 1.73. The van der Waals surface area contributed by atoms with Gasteiger partial charge in [0.05, 0.1) is 19.8 Å². The van der Waals surface area contributed by atoms with Crippen molar-refractivity contribution in [3.8, 4) is 17.1 Å². The van der Waals surface area contributed by atoms with Crippen molar-refractivity contribution < 1.29 is 9.47 Å². The van der Waals surface area contributed by atoms with Crippen molar-refractivity contribution in [1.82, 2.24) is 14.8 Å². The van der Waals surface area contributed by atoms with Crippen LogP contribution in [0.15, 0.2) is 53.7 Å². The molecule has 1 aliphatic rings. The van der Waals surface area contributed by atoms with Crippen molar-refractivity contribution in [3.63, 3.8) is 0 Å². The second-order valence-corrected chi connectivity index (χ2v) is 8.91.